The summed E-state index contributed by atoms with van der Waals surface area (Å²) in [7, 11) is 0. The largest absolute Gasteiger partial charge is 0.393 e. The van der Waals surface area contributed by atoms with Gasteiger partial charge in [0.05, 0.1) is 6.10 Å². The van der Waals surface area contributed by atoms with Crippen LogP contribution in [0.2, 0.25) is 0 Å². The average molecular weight is 272 g/mol. The molecule has 0 aromatic heterocycles. The predicted octanol–water partition coefficient (Wildman–Crippen LogP) is 3.27. The highest BCUT2D eigenvalue weighted by atomic mass is 16.3. The van der Waals surface area contributed by atoms with Gasteiger partial charge in [-0.1, -0.05) is 18.6 Å². The molecule has 108 valence electrons. The van der Waals surface area contributed by atoms with Crippen molar-refractivity contribution in [2.75, 3.05) is 0 Å². The van der Waals surface area contributed by atoms with Crippen molar-refractivity contribution in [3.63, 3.8) is 0 Å². The Morgan fingerprint density at radius 2 is 2.05 bits per heavy atom. The number of carbonyl (C=O) groups is 1. The van der Waals surface area contributed by atoms with Crippen LogP contribution in [0.15, 0.2) is 23.8 Å². The van der Waals surface area contributed by atoms with Gasteiger partial charge in [0.1, 0.15) is 0 Å². The van der Waals surface area contributed by atoms with Crippen LogP contribution >= 0.6 is 0 Å². The Morgan fingerprint density at radius 1 is 1.20 bits per heavy atom. The van der Waals surface area contributed by atoms with Crippen LogP contribution in [0.5, 0.6) is 0 Å². The van der Waals surface area contributed by atoms with E-state index >= 15 is 0 Å². The number of carbonyl (C=O) groups excluding carboxylic acids is 1. The Hall–Kier alpha value is -0.890. The lowest BCUT2D eigenvalue weighted by atomic mass is 9.53. The van der Waals surface area contributed by atoms with E-state index in [9.17, 15) is 9.90 Å². The van der Waals surface area contributed by atoms with Crippen LogP contribution in [-0.4, -0.2) is 17.0 Å². The van der Waals surface area contributed by atoms with Gasteiger partial charge >= 0.3 is 0 Å². The van der Waals surface area contributed by atoms with E-state index in [1.807, 2.05) is 6.08 Å². The van der Waals surface area contributed by atoms with Gasteiger partial charge in [0, 0.05) is 5.92 Å². The minimum Gasteiger partial charge on any atom is -0.393 e. The second-order valence-electron chi connectivity index (χ2n) is 7.62. The van der Waals surface area contributed by atoms with E-state index in [0.717, 1.165) is 25.2 Å². The molecule has 0 heterocycles. The molecule has 3 fully saturated rings. The van der Waals surface area contributed by atoms with Gasteiger partial charge in [0.25, 0.3) is 0 Å². The number of fused-ring (bicyclic) bond motifs is 5. The Morgan fingerprint density at radius 3 is 2.90 bits per heavy atom. The molecular weight excluding hydrogens is 248 g/mol. The molecule has 0 bridgehead atoms. The van der Waals surface area contributed by atoms with Crippen molar-refractivity contribution in [3.05, 3.63) is 23.8 Å². The topological polar surface area (TPSA) is 37.3 Å². The third-order valence-electron chi connectivity index (χ3n) is 6.89. The van der Waals surface area contributed by atoms with E-state index in [4.69, 9.17) is 0 Å². The lowest BCUT2D eigenvalue weighted by Crippen LogP contribution is -2.47. The van der Waals surface area contributed by atoms with Gasteiger partial charge in [-0.15, -0.1) is 0 Å². The second kappa shape index (κ2) is 4.30. The normalized spacial score (nSPS) is 50.2. The molecule has 0 unspecified atom stereocenters. The third kappa shape index (κ3) is 1.64. The molecular formula is C18H24O2. The minimum absolute atomic E-state index is 0.0890. The van der Waals surface area contributed by atoms with E-state index in [-0.39, 0.29) is 17.3 Å². The molecule has 20 heavy (non-hydrogen) atoms. The minimum atomic E-state index is -0.0890. The Bertz CT molecular complexity index is 504. The lowest BCUT2D eigenvalue weighted by molar-refractivity contribution is -0.110. The number of aliphatic hydroxyl groups excluding tert-OH is 1. The highest BCUT2D eigenvalue weighted by Crippen LogP contribution is 2.61. The van der Waals surface area contributed by atoms with Crippen LogP contribution < -0.4 is 0 Å². The Kier molecular flexibility index (Phi) is 2.76. The fraction of sp³-hybridized carbons (Fsp3) is 0.722. The zero-order chi connectivity index (χ0) is 13.9. The van der Waals surface area contributed by atoms with Crippen molar-refractivity contribution in [2.45, 2.75) is 51.6 Å². The molecule has 0 saturated heterocycles. The SMILES string of the molecule is C[C@]12CC[C@H]3[C@@H](CCC4=CC(=O)C=C[C@@H]43)[C@@H]1CC[C@@H]2O. The summed E-state index contributed by atoms with van der Waals surface area (Å²) in [6.45, 7) is 2.32. The summed E-state index contributed by atoms with van der Waals surface area (Å²) < 4.78 is 0. The molecule has 4 rings (SSSR count). The first-order valence-corrected chi connectivity index (χ1v) is 8.20. The molecule has 1 N–H and O–H groups in total. The first-order valence-electron chi connectivity index (χ1n) is 8.20. The Balaban J connectivity index is 1.65. The smallest absolute Gasteiger partial charge is 0.178 e. The molecule has 0 aliphatic heterocycles. The van der Waals surface area contributed by atoms with Crippen molar-refractivity contribution in [3.8, 4) is 0 Å². The van der Waals surface area contributed by atoms with Gasteiger partial charge in [0.2, 0.25) is 0 Å². The van der Waals surface area contributed by atoms with Crippen LogP contribution in [0.3, 0.4) is 0 Å². The van der Waals surface area contributed by atoms with Gasteiger partial charge in [-0.25, -0.2) is 0 Å². The summed E-state index contributed by atoms with van der Waals surface area (Å²) in [6, 6.07) is 0. The van der Waals surface area contributed by atoms with Crippen molar-refractivity contribution >= 4 is 5.78 Å². The first kappa shape index (κ1) is 12.8. The van der Waals surface area contributed by atoms with E-state index in [2.05, 4.69) is 13.0 Å². The molecule has 0 spiro atoms. The molecule has 4 aliphatic carbocycles. The van der Waals surface area contributed by atoms with E-state index < -0.39 is 0 Å². The average Bonchev–Trinajstić information content (AvgIpc) is 2.74. The van der Waals surface area contributed by atoms with Crippen molar-refractivity contribution in [2.24, 2.45) is 29.1 Å². The molecule has 2 nitrogen and oxygen atoms in total. The Labute approximate surface area is 120 Å². The van der Waals surface area contributed by atoms with Gasteiger partial charge in [0.15, 0.2) is 5.78 Å². The molecule has 2 heteroatoms. The fourth-order valence-electron chi connectivity index (χ4n) is 5.79. The van der Waals surface area contributed by atoms with Crippen LogP contribution in [0.1, 0.15) is 45.4 Å². The number of ketones is 1. The van der Waals surface area contributed by atoms with E-state index in [1.165, 1.54) is 24.8 Å². The fourth-order valence-corrected chi connectivity index (χ4v) is 5.79. The number of hydrogen-bond donors (Lipinski definition) is 1. The van der Waals surface area contributed by atoms with Crippen molar-refractivity contribution < 1.29 is 9.90 Å². The number of hydrogen-bond acceptors (Lipinski definition) is 2. The zero-order valence-corrected chi connectivity index (χ0v) is 12.2. The van der Waals surface area contributed by atoms with Crippen LogP contribution in [0.25, 0.3) is 0 Å². The second-order valence-corrected chi connectivity index (χ2v) is 7.62. The predicted molar refractivity (Wildman–Crippen MR) is 78.0 cm³/mol. The van der Waals surface area contributed by atoms with Crippen molar-refractivity contribution in [1.82, 2.24) is 0 Å². The standard InChI is InChI=1S/C18H24O2/c1-18-9-8-14-13-5-3-12(19)10-11(13)2-4-15(14)16(18)6-7-17(18)20/h3,5,10,13-17,20H,2,4,6-9H2,1H3/t13-,14+,15+,16-,17-,18-/m0/s1. The highest BCUT2D eigenvalue weighted by Gasteiger charge is 2.55. The van der Waals surface area contributed by atoms with Crippen LogP contribution in [-0.2, 0) is 4.79 Å². The number of allylic oxidation sites excluding steroid dienone is 4. The van der Waals surface area contributed by atoms with Gasteiger partial charge in [-0.05, 0) is 73.8 Å². The number of rotatable bonds is 0. The van der Waals surface area contributed by atoms with E-state index in [1.54, 1.807) is 6.08 Å². The van der Waals surface area contributed by atoms with Crippen molar-refractivity contribution in [1.29, 1.82) is 0 Å². The molecule has 3 saturated carbocycles. The zero-order valence-electron chi connectivity index (χ0n) is 12.2. The summed E-state index contributed by atoms with van der Waals surface area (Å²) in [5.74, 6) is 2.85. The molecule has 0 radical (unpaired) electrons. The number of aliphatic hydroxyl groups is 1. The maximum Gasteiger partial charge on any atom is 0.178 e. The molecule has 6 atom stereocenters. The molecule has 0 amide bonds. The maximum atomic E-state index is 11.6. The van der Waals surface area contributed by atoms with Crippen LogP contribution in [0.4, 0.5) is 0 Å². The summed E-state index contributed by atoms with van der Waals surface area (Å²) in [6.07, 6.45) is 12.6. The van der Waals surface area contributed by atoms with Crippen LogP contribution in [0, 0.1) is 29.1 Å². The van der Waals surface area contributed by atoms with Gasteiger partial charge in [-0.2, -0.15) is 0 Å². The summed E-state index contributed by atoms with van der Waals surface area (Å²) in [5, 5.41) is 10.4. The quantitative estimate of drug-likeness (QED) is 0.735. The maximum absolute atomic E-state index is 11.6. The first-order chi connectivity index (χ1) is 9.59. The third-order valence-corrected chi connectivity index (χ3v) is 6.89. The summed E-state index contributed by atoms with van der Waals surface area (Å²) >= 11 is 0. The monoisotopic (exact) mass is 272 g/mol. The van der Waals surface area contributed by atoms with Gasteiger partial charge in [-0.3, -0.25) is 4.79 Å². The highest BCUT2D eigenvalue weighted by molar-refractivity contribution is 6.00. The lowest BCUT2D eigenvalue weighted by Gasteiger charge is -2.52. The summed E-state index contributed by atoms with van der Waals surface area (Å²) in [4.78, 5) is 11.6. The van der Waals surface area contributed by atoms with E-state index in [0.29, 0.717) is 17.8 Å². The molecule has 0 aromatic carbocycles. The summed E-state index contributed by atoms with van der Waals surface area (Å²) in [5.41, 5.74) is 1.54. The van der Waals surface area contributed by atoms with Gasteiger partial charge < -0.3 is 5.11 Å². The molecule has 4 aliphatic rings. The molecule has 0 aromatic rings.